The second-order valence-corrected chi connectivity index (χ2v) is 5.60. The van der Waals surface area contributed by atoms with Crippen LogP contribution in [-0.4, -0.2) is 49.2 Å². The van der Waals surface area contributed by atoms with E-state index in [2.05, 4.69) is 26.1 Å². The predicted octanol–water partition coefficient (Wildman–Crippen LogP) is 0.479. The normalized spacial score (nSPS) is 34.1. The monoisotopic (exact) mass is 226 g/mol. The number of hydrogen-bond donors (Lipinski definition) is 1. The maximum absolute atomic E-state index is 12.5. The number of hydrogen-bond acceptors (Lipinski definition) is 3. The second kappa shape index (κ2) is 4.34. The van der Waals surface area contributed by atoms with Crippen LogP contribution < -0.4 is 5.32 Å². The zero-order valence-electron chi connectivity index (χ0n) is 10.5. The van der Waals surface area contributed by atoms with Crippen molar-refractivity contribution in [3.05, 3.63) is 0 Å². The summed E-state index contributed by atoms with van der Waals surface area (Å²) in [4.78, 5) is 14.5. The van der Waals surface area contributed by atoms with Gasteiger partial charge in [0.1, 0.15) is 0 Å². The molecule has 2 aliphatic rings. The number of carbonyl (C=O) groups excluding carboxylic acids is 1. The minimum atomic E-state index is -0.155. The van der Waals surface area contributed by atoms with E-state index in [0.29, 0.717) is 25.0 Å². The van der Waals surface area contributed by atoms with E-state index in [4.69, 9.17) is 4.74 Å². The van der Waals surface area contributed by atoms with Gasteiger partial charge in [-0.25, -0.2) is 0 Å². The van der Waals surface area contributed by atoms with Gasteiger partial charge in [0.2, 0.25) is 5.91 Å². The van der Waals surface area contributed by atoms with Crippen LogP contribution in [0.5, 0.6) is 0 Å². The van der Waals surface area contributed by atoms with Gasteiger partial charge < -0.3 is 15.0 Å². The van der Waals surface area contributed by atoms with E-state index >= 15 is 0 Å². The van der Waals surface area contributed by atoms with Crippen molar-refractivity contribution in [2.24, 2.45) is 11.8 Å². The Morgan fingerprint density at radius 1 is 1.44 bits per heavy atom. The standard InChI is InChI=1S/C12H22N2O2/c1-9-6-13-7-10(9)11(15)14-4-5-16-8-12(14,2)3/h9-10,13H,4-8H2,1-3H3/t9-,10-/m1/s1. The smallest absolute Gasteiger partial charge is 0.227 e. The molecule has 0 aromatic rings. The maximum Gasteiger partial charge on any atom is 0.227 e. The molecule has 4 heteroatoms. The van der Waals surface area contributed by atoms with Gasteiger partial charge in [-0.2, -0.15) is 0 Å². The summed E-state index contributed by atoms with van der Waals surface area (Å²) in [6.45, 7) is 10.1. The predicted molar refractivity (Wildman–Crippen MR) is 62.1 cm³/mol. The molecule has 1 N–H and O–H groups in total. The van der Waals surface area contributed by atoms with Crippen LogP contribution in [0.1, 0.15) is 20.8 Å². The van der Waals surface area contributed by atoms with E-state index in [9.17, 15) is 4.79 Å². The Labute approximate surface area is 97.3 Å². The Morgan fingerprint density at radius 3 is 2.75 bits per heavy atom. The lowest BCUT2D eigenvalue weighted by molar-refractivity contribution is -0.151. The second-order valence-electron chi connectivity index (χ2n) is 5.60. The molecule has 0 unspecified atom stereocenters. The first kappa shape index (κ1) is 11.9. The SMILES string of the molecule is C[C@@H]1CNC[C@H]1C(=O)N1CCOCC1(C)C. The first-order chi connectivity index (χ1) is 7.52. The molecular formula is C12H22N2O2. The molecule has 2 aliphatic heterocycles. The third kappa shape index (κ3) is 2.09. The third-order valence-corrected chi connectivity index (χ3v) is 3.75. The van der Waals surface area contributed by atoms with E-state index in [0.717, 1.165) is 19.6 Å². The van der Waals surface area contributed by atoms with Gasteiger partial charge in [0.15, 0.2) is 0 Å². The van der Waals surface area contributed by atoms with Gasteiger partial charge in [-0.15, -0.1) is 0 Å². The first-order valence-electron chi connectivity index (χ1n) is 6.12. The summed E-state index contributed by atoms with van der Waals surface area (Å²) >= 11 is 0. The number of ether oxygens (including phenoxy) is 1. The van der Waals surface area contributed by atoms with Gasteiger partial charge in [-0.3, -0.25) is 4.79 Å². The van der Waals surface area contributed by atoms with Crippen molar-refractivity contribution in [2.75, 3.05) is 32.8 Å². The van der Waals surface area contributed by atoms with Crippen LogP contribution in [0.2, 0.25) is 0 Å². The molecular weight excluding hydrogens is 204 g/mol. The summed E-state index contributed by atoms with van der Waals surface area (Å²) in [5.41, 5.74) is -0.155. The molecule has 2 fully saturated rings. The number of rotatable bonds is 1. The van der Waals surface area contributed by atoms with Crippen molar-refractivity contribution < 1.29 is 9.53 Å². The average Bonchev–Trinajstić information content (AvgIpc) is 2.63. The number of morpholine rings is 1. The summed E-state index contributed by atoms with van der Waals surface area (Å²) in [6.07, 6.45) is 0. The molecule has 4 nitrogen and oxygen atoms in total. The Balaban J connectivity index is 2.08. The van der Waals surface area contributed by atoms with E-state index in [1.807, 2.05) is 4.90 Å². The van der Waals surface area contributed by atoms with E-state index < -0.39 is 0 Å². The Kier molecular flexibility index (Phi) is 3.22. The Hall–Kier alpha value is -0.610. The molecule has 0 aliphatic carbocycles. The Morgan fingerprint density at radius 2 is 2.19 bits per heavy atom. The first-order valence-corrected chi connectivity index (χ1v) is 6.12. The molecule has 2 rings (SSSR count). The van der Waals surface area contributed by atoms with Crippen LogP contribution in [0.25, 0.3) is 0 Å². The molecule has 16 heavy (non-hydrogen) atoms. The minimum absolute atomic E-state index is 0.150. The molecule has 0 radical (unpaired) electrons. The van der Waals surface area contributed by atoms with Gasteiger partial charge in [0, 0.05) is 13.1 Å². The lowest BCUT2D eigenvalue weighted by Crippen LogP contribution is -2.57. The van der Waals surface area contributed by atoms with E-state index in [1.165, 1.54) is 0 Å². The van der Waals surface area contributed by atoms with Gasteiger partial charge in [-0.05, 0) is 26.3 Å². The lowest BCUT2D eigenvalue weighted by Gasteiger charge is -2.43. The number of amides is 1. The zero-order valence-corrected chi connectivity index (χ0v) is 10.5. The fourth-order valence-corrected chi connectivity index (χ4v) is 2.61. The van der Waals surface area contributed by atoms with E-state index in [-0.39, 0.29) is 11.5 Å². The van der Waals surface area contributed by atoms with Crippen molar-refractivity contribution in [1.29, 1.82) is 0 Å². The Bertz CT molecular complexity index is 278. The highest BCUT2D eigenvalue weighted by Gasteiger charge is 2.40. The molecule has 1 amide bonds. The van der Waals surface area contributed by atoms with E-state index in [1.54, 1.807) is 0 Å². The maximum atomic E-state index is 12.5. The van der Waals surface area contributed by atoms with Crippen LogP contribution in [0, 0.1) is 11.8 Å². The van der Waals surface area contributed by atoms with Gasteiger partial charge in [0.05, 0.1) is 24.7 Å². The molecule has 2 atom stereocenters. The molecule has 0 spiro atoms. The molecule has 2 heterocycles. The molecule has 92 valence electrons. The molecule has 0 bridgehead atoms. The number of carbonyl (C=O) groups is 1. The molecule has 0 aromatic heterocycles. The number of nitrogens with zero attached hydrogens (tertiary/aromatic N) is 1. The molecule has 2 saturated heterocycles. The molecule has 0 aromatic carbocycles. The van der Waals surface area contributed by atoms with Crippen molar-refractivity contribution in [2.45, 2.75) is 26.3 Å². The van der Waals surface area contributed by atoms with Crippen molar-refractivity contribution in [3.8, 4) is 0 Å². The summed E-state index contributed by atoms with van der Waals surface area (Å²) in [5.74, 6) is 0.898. The van der Waals surface area contributed by atoms with Crippen LogP contribution >= 0.6 is 0 Å². The highest BCUT2D eigenvalue weighted by Crippen LogP contribution is 2.25. The topological polar surface area (TPSA) is 41.6 Å². The fourth-order valence-electron chi connectivity index (χ4n) is 2.61. The fraction of sp³-hybridized carbons (Fsp3) is 0.917. The summed E-state index contributed by atoms with van der Waals surface area (Å²) < 4.78 is 5.45. The third-order valence-electron chi connectivity index (χ3n) is 3.75. The van der Waals surface area contributed by atoms with Crippen LogP contribution in [0.3, 0.4) is 0 Å². The number of nitrogens with one attached hydrogen (secondary N) is 1. The van der Waals surface area contributed by atoms with Crippen molar-refractivity contribution >= 4 is 5.91 Å². The summed E-state index contributed by atoms with van der Waals surface area (Å²) in [5, 5.41) is 3.29. The minimum Gasteiger partial charge on any atom is -0.377 e. The highest BCUT2D eigenvalue weighted by molar-refractivity contribution is 5.80. The summed E-state index contributed by atoms with van der Waals surface area (Å²) in [6, 6.07) is 0. The van der Waals surface area contributed by atoms with Gasteiger partial charge in [-0.1, -0.05) is 6.92 Å². The average molecular weight is 226 g/mol. The largest absolute Gasteiger partial charge is 0.377 e. The quantitative estimate of drug-likeness (QED) is 0.707. The van der Waals surface area contributed by atoms with Gasteiger partial charge >= 0.3 is 0 Å². The zero-order chi connectivity index (χ0) is 11.8. The van der Waals surface area contributed by atoms with Crippen molar-refractivity contribution in [1.82, 2.24) is 10.2 Å². The van der Waals surface area contributed by atoms with Crippen LogP contribution in [0.15, 0.2) is 0 Å². The lowest BCUT2D eigenvalue weighted by atomic mass is 9.93. The van der Waals surface area contributed by atoms with Crippen LogP contribution in [-0.2, 0) is 9.53 Å². The molecule has 0 saturated carbocycles. The highest BCUT2D eigenvalue weighted by atomic mass is 16.5. The summed E-state index contributed by atoms with van der Waals surface area (Å²) in [7, 11) is 0. The van der Waals surface area contributed by atoms with Crippen molar-refractivity contribution in [3.63, 3.8) is 0 Å². The van der Waals surface area contributed by atoms with Crippen LogP contribution in [0.4, 0.5) is 0 Å². The van der Waals surface area contributed by atoms with Gasteiger partial charge in [0.25, 0.3) is 0 Å².